The van der Waals surface area contributed by atoms with E-state index in [2.05, 4.69) is 5.32 Å². The number of nitrogens with one attached hydrogen (secondary N) is 1. The highest BCUT2D eigenvalue weighted by atomic mass is 16.7. The summed E-state index contributed by atoms with van der Waals surface area (Å²) in [5.41, 5.74) is 0. The molecule has 1 amide bonds. The maximum atomic E-state index is 11.5. The van der Waals surface area contributed by atoms with E-state index in [4.69, 9.17) is 14.6 Å². The number of ether oxygens (including phenoxy) is 2. The van der Waals surface area contributed by atoms with Gasteiger partial charge in [0, 0.05) is 12.5 Å². The first-order valence-corrected chi connectivity index (χ1v) is 6.92. The summed E-state index contributed by atoms with van der Waals surface area (Å²) in [4.78, 5) is 22.5. The van der Waals surface area contributed by atoms with Crippen molar-refractivity contribution in [2.75, 3.05) is 13.2 Å². The zero-order chi connectivity index (χ0) is 17.3. The first-order valence-electron chi connectivity index (χ1n) is 6.92. The van der Waals surface area contributed by atoms with Gasteiger partial charge in [-0.25, -0.2) is 4.79 Å². The molecule has 2 fully saturated rings. The number of aliphatic carboxylic acids is 1. The molecule has 2 aliphatic heterocycles. The van der Waals surface area contributed by atoms with Crippen molar-refractivity contribution in [3.05, 3.63) is 0 Å². The summed E-state index contributed by atoms with van der Waals surface area (Å²) in [5, 5.41) is 59.5. The fourth-order valence-corrected chi connectivity index (χ4v) is 2.53. The minimum Gasteiger partial charge on any atom is -0.479 e. The van der Waals surface area contributed by atoms with Crippen molar-refractivity contribution in [1.29, 1.82) is 0 Å². The van der Waals surface area contributed by atoms with Gasteiger partial charge >= 0.3 is 5.97 Å². The molecule has 11 heteroatoms. The smallest absolute Gasteiger partial charge is 0.335 e. The molecule has 23 heavy (non-hydrogen) atoms. The van der Waals surface area contributed by atoms with Crippen molar-refractivity contribution in [3.63, 3.8) is 0 Å². The van der Waals surface area contributed by atoms with Gasteiger partial charge < -0.3 is 45.4 Å². The van der Waals surface area contributed by atoms with Crippen LogP contribution in [-0.4, -0.2) is 98.6 Å². The molecule has 7 N–H and O–H groups in total. The summed E-state index contributed by atoms with van der Waals surface area (Å²) in [5.74, 6) is -3.08. The van der Waals surface area contributed by atoms with Crippen molar-refractivity contribution in [2.24, 2.45) is 5.92 Å². The summed E-state index contributed by atoms with van der Waals surface area (Å²) in [6.45, 7) is -0.466. The van der Waals surface area contributed by atoms with Gasteiger partial charge in [0.1, 0.15) is 24.4 Å². The highest BCUT2D eigenvalue weighted by molar-refractivity contribution is 5.82. The van der Waals surface area contributed by atoms with Crippen molar-refractivity contribution in [1.82, 2.24) is 5.32 Å². The van der Waals surface area contributed by atoms with Gasteiger partial charge in [-0.3, -0.25) is 4.79 Å². The van der Waals surface area contributed by atoms with Crippen molar-refractivity contribution < 1.29 is 49.7 Å². The van der Waals surface area contributed by atoms with E-state index in [1.165, 1.54) is 0 Å². The van der Waals surface area contributed by atoms with E-state index in [0.29, 0.717) is 0 Å². The monoisotopic (exact) mass is 337 g/mol. The summed E-state index contributed by atoms with van der Waals surface area (Å²) in [6.07, 6.45) is -12.1. The lowest BCUT2D eigenvalue weighted by atomic mass is 9.93. The van der Waals surface area contributed by atoms with Crippen LogP contribution in [0.1, 0.15) is 0 Å². The predicted molar refractivity (Wildman–Crippen MR) is 68.8 cm³/mol. The maximum Gasteiger partial charge on any atom is 0.335 e. The lowest BCUT2D eigenvalue weighted by Crippen LogP contribution is -2.63. The lowest BCUT2D eigenvalue weighted by Gasteiger charge is -2.42. The van der Waals surface area contributed by atoms with Crippen LogP contribution >= 0.6 is 0 Å². The fraction of sp³-hybridized carbons (Fsp3) is 0.833. The van der Waals surface area contributed by atoms with Gasteiger partial charge in [-0.15, -0.1) is 0 Å². The Labute approximate surface area is 130 Å². The van der Waals surface area contributed by atoms with Gasteiger partial charge in [-0.1, -0.05) is 0 Å². The molecule has 2 rings (SSSR count). The fourth-order valence-electron chi connectivity index (χ4n) is 2.53. The van der Waals surface area contributed by atoms with E-state index < -0.39 is 67.3 Å². The summed E-state index contributed by atoms with van der Waals surface area (Å²) >= 11 is 0. The average Bonchev–Trinajstić information content (AvgIpc) is 2.51. The standard InChI is InChI=1S/C12H19NO10/c14-2-3-1-13-10(19)7(18)8(3)22-12-6(17)4(15)5(16)9(23-12)11(20)21/h3-9,12,14-18H,1-2H2,(H,13,19)(H,20,21)/t3-,4+,5+,6-,7+,8-,9+,12-/m1/s1. The number of carboxylic acids is 1. The summed E-state index contributed by atoms with van der Waals surface area (Å²) < 4.78 is 10.2. The average molecular weight is 337 g/mol. The van der Waals surface area contributed by atoms with Crippen LogP contribution in [-0.2, 0) is 19.1 Å². The number of carboxylic acid groups (broad SMARTS) is 1. The third-order valence-corrected chi connectivity index (χ3v) is 3.92. The molecule has 0 bridgehead atoms. The van der Waals surface area contributed by atoms with E-state index in [0.717, 1.165) is 0 Å². The van der Waals surface area contributed by atoms with Crippen LogP contribution in [0.4, 0.5) is 0 Å². The van der Waals surface area contributed by atoms with Crippen LogP contribution in [0.15, 0.2) is 0 Å². The second-order valence-electron chi connectivity index (χ2n) is 5.47. The van der Waals surface area contributed by atoms with Crippen LogP contribution in [0.5, 0.6) is 0 Å². The molecular weight excluding hydrogens is 318 g/mol. The second-order valence-corrected chi connectivity index (χ2v) is 5.47. The SMILES string of the molecule is O=C1NC[C@H](CO)[C@@H](O[C@@H]2O[C@H](C(=O)O)[C@@H](O)[C@H](O)[C@H]2O)[C@@H]1O. The molecule has 0 saturated carbocycles. The van der Waals surface area contributed by atoms with E-state index in [-0.39, 0.29) is 6.54 Å². The zero-order valence-corrected chi connectivity index (χ0v) is 11.8. The van der Waals surface area contributed by atoms with Crippen LogP contribution in [0.2, 0.25) is 0 Å². The maximum absolute atomic E-state index is 11.5. The Kier molecular flexibility index (Phi) is 5.52. The quantitative estimate of drug-likeness (QED) is 0.263. The third-order valence-electron chi connectivity index (χ3n) is 3.92. The van der Waals surface area contributed by atoms with Crippen molar-refractivity contribution >= 4 is 11.9 Å². The third kappa shape index (κ3) is 3.45. The number of piperidine rings is 1. The van der Waals surface area contributed by atoms with E-state index in [1.54, 1.807) is 0 Å². The van der Waals surface area contributed by atoms with Crippen LogP contribution in [0.3, 0.4) is 0 Å². The van der Waals surface area contributed by atoms with Gasteiger partial charge in [-0.2, -0.15) is 0 Å². The number of rotatable bonds is 4. The van der Waals surface area contributed by atoms with E-state index in [1.807, 2.05) is 0 Å². The van der Waals surface area contributed by atoms with Gasteiger partial charge in [0.2, 0.25) is 0 Å². The summed E-state index contributed by atoms with van der Waals surface area (Å²) in [6, 6.07) is 0. The Morgan fingerprint density at radius 3 is 2.43 bits per heavy atom. The zero-order valence-electron chi connectivity index (χ0n) is 11.8. The van der Waals surface area contributed by atoms with Crippen molar-refractivity contribution in [2.45, 2.75) is 42.9 Å². The topological polar surface area (TPSA) is 186 Å². The highest BCUT2D eigenvalue weighted by Crippen LogP contribution is 2.26. The van der Waals surface area contributed by atoms with E-state index >= 15 is 0 Å². The molecule has 0 aromatic carbocycles. The Bertz CT molecular complexity index is 459. The number of carbonyl (C=O) groups is 2. The molecule has 2 saturated heterocycles. The first kappa shape index (κ1) is 18.0. The minimum absolute atomic E-state index is 0.00653. The number of hydrogen-bond acceptors (Lipinski definition) is 9. The number of carbonyl (C=O) groups excluding carboxylic acids is 1. The molecule has 132 valence electrons. The summed E-state index contributed by atoms with van der Waals surface area (Å²) in [7, 11) is 0. The first-order chi connectivity index (χ1) is 10.8. The molecule has 0 spiro atoms. The molecule has 8 atom stereocenters. The van der Waals surface area contributed by atoms with Gasteiger partial charge in [-0.05, 0) is 0 Å². The molecule has 0 radical (unpaired) electrons. The number of amides is 1. The molecule has 0 unspecified atom stereocenters. The van der Waals surface area contributed by atoms with E-state index in [9.17, 15) is 35.1 Å². The Balaban J connectivity index is 2.15. The molecule has 2 heterocycles. The lowest BCUT2D eigenvalue weighted by molar-refractivity contribution is -0.315. The molecule has 0 aliphatic carbocycles. The molecule has 2 aliphatic rings. The Morgan fingerprint density at radius 1 is 1.22 bits per heavy atom. The molecule has 0 aromatic heterocycles. The number of hydrogen-bond donors (Lipinski definition) is 7. The van der Waals surface area contributed by atoms with Crippen LogP contribution in [0, 0.1) is 5.92 Å². The second kappa shape index (κ2) is 7.05. The van der Waals surface area contributed by atoms with Gasteiger partial charge in [0.15, 0.2) is 18.5 Å². The molecule has 0 aromatic rings. The molecular formula is C12H19NO10. The van der Waals surface area contributed by atoms with Gasteiger partial charge in [0.05, 0.1) is 6.61 Å². The highest BCUT2D eigenvalue weighted by Gasteiger charge is 2.50. The minimum atomic E-state index is -1.88. The normalized spacial score (nSPS) is 44.7. The van der Waals surface area contributed by atoms with Crippen LogP contribution < -0.4 is 5.32 Å². The Hall–Kier alpha value is -1.34. The largest absolute Gasteiger partial charge is 0.479 e. The Morgan fingerprint density at radius 2 is 1.87 bits per heavy atom. The van der Waals surface area contributed by atoms with Crippen LogP contribution in [0.25, 0.3) is 0 Å². The van der Waals surface area contributed by atoms with Crippen molar-refractivity contribution in [3.8, 4) is 0 Å². The predicted octanol–water partition coefficient (Wildman–Crippen LogP) is -4.64. The molecule has 11 nitrogen and oxygen atoms in total. The number of aliphatic hydroxyl groups excluding tert-OH is 5. The number of aliphatic hydroxyl groups is 5. The van der Waals surface area contributed by atoms with Gasteiger partial charge in [0.25, 0.3) is 5.91 Å².